The minimum absolute atomic E-state index is 0.0687. The predicted molar refractivity (Wildman–Crippen MR) is 133 cm³/mol. The Bertz CT molecular complexity index is 1150. The highest BCUT2D eigenvalue weighted by molar-refractivity contribution is 7.19. The maximum atomic E-state index is 12.7. The molecule has 0 aliphatic rings. The van der Waals surface area contributed by atoms with E-state index in [1.54, 1.807) is 17.0 Å². The molecule has 0 spiro atoms. The van der Waals surface area contributed by atoms with Crippen LogP contribution in [0.5, 0.6) is 11.5 Å². The first-order chi connectivity index (χ1) is 15.8. The van der Waals surface area contributed by atoms with Crippen LogP contribution in [0.15, 0.2) is 42.5 Å². The first kappa shape index (κ1) is 24.3. The van der Waals surface area contributed by atoms with Gasteiger partial charge in [0.2, 0.25) is 0 Å². The first-order valence-electron chi connectivity index (χ1n) is 11.0. The third-order valence-electron chi connectivity index (χ3n) is 4.98. The normalized spacial score (nSPS) is 11.6. The van der Waals surface area contributed by atoms with Crippen molar-refractivity contribution in [3.63, 3.8) is 0 Å². The Hall–Kier alpha value is -3.37. The van der Waals surface area contributed by atoms with E-state index in [1.165, 1.54) is 11.3 Å². The number of nitriles is 1. The zero-order valence-corrected chi connectivity index (χ0v) is 20.5. The summed E-state index contributed by atoms with van der Waals surface area (Å²) in [6.07, 6.45) is 1.79. The fourth-order valence-electron chi connectivity index (χ4n) is 3.68. The van der Waals surface area contributed by atoms with Gasteiger partial charge in [-0.3, -0.25) is 4.79 Å². The zero-order valence-electron chi connectivity index (χ0n) is 19.7. The molecular formula is C26H29N3O3S. The highest BCUT2D eigenvalue weighted by Gasteiger charge is 2.21. The number of carbonyl (C=O) groups excluding carboxylic acids is 1. The van der Waals surface area contributed by atoms with Crippen LogP contribution in [-0.2, 0) is 4.79 Å². The molecule has 7 heteroatoms. The molecule has 3 aromatic rings. The molecule has 6 nitrogen and oxygen atoms in total. The number of benzene rings is 2. The molecule has 1 amide bonds. The second-order valence-electron chi connectivity index (χ2n) is 8.07. The number of rotatable bonds is 9. The van der Waals surface area contributed by atoms with Gasteiger partial charge in [-0.15, -0.1) is 11.3 Å². The van der Waals surface area contributed by atoms with Crippen LogP contribution in [0.2, 0.25) is 0 Å². The van der Waals surface area contributed by atoms with E-state index in [4.69, 9.17) is 9.47 Å². The Morgan fingerprint density at radius 3 is 2.48 bits per heavy atom. The van der Waals surface area contributed by atoms with Gasteiger partial charge in [0.15, 0.2) is 18.1 Å². The standard InChI is InChI=1S/C26H29N3O3S/c1-6-31-23-14-19(11-12-22(23)32-16-25(30)29(17(2)3)18(4)5)13-20(15-27)26-28-21-9-7-8-10-24(21)33-26/h7-14,17-18H,6,16H2,1-5H3/b20-13+. The minimum atomic E-state index is -0.0750. The quantitative estimate of drug-likeness (QED) is 0.376. The average molecular weight is 464 g/mol. The molecule has 0 bridgehead atoms. The van der Waals surface area contributed by atoms with E-state index in [0.29, 0.717) is 28.7 Å². The summed E-state index contributed by atoms with van der Waals surface area (Å²) < 4.78 is 12.6. The van der Waals surface area contributed by atoms with Crippen molar-refractivity contribution >= 4 is 39.1 Å². The average Bonchev–Trinajstić information content (AvgIpc) is 3.20. The van der Waals surface area contributed by atoms with Crippen LogP contribution in [0.3, 0.4) is 0 Å². The summed E-state index contributed by atoms with van der Waals surface area (Å²) in [6.45, 7) is 10.2. The van der Waals surface area contributed by atoms with Gasteiger partial charge in [0.25, 0.3) is 5.91 Å². The van der Waals surface area contributed by atoms with E-state index in [1.807, 2.05) is 71.0 Å². The Kier molecular flexibility index (Phi) is 8.07. The second kappa shape index (κ2) is 11.0. The molecule has 3 rings (SSSR count). The number of amides is 1. The fraction of sp³-hybridized carbons (Fsp3) is 0.346. The van der Waals surface area contributed by atoms with Crippen molar-refractivity contribution in [1.29, 1.82) is 5.26 Å². The lowest BCUT2D eigenvalue weighted by Crippen LogP contribution is -2.44. The summed E-state index contributed by atoms with van der Waals surface area (Å²) in [7, 11) is 0. The lowest BCUT2D eigenvalue weighted by Gasteiger charge is -2.30. The van der Waals surface area contributed by atoms with Crippen LogP contribution in [0.1, 0.15) is 45.2 Å². The summed E-state index contributed by atoms with van der Waals surface area (Å²) in [5.74, 6) is 0.948. The second-order valence-corrected chi connectivity index (χ2v) is 9.10. The molecule has 1 aromatic heterocycles. The molecule has 0 saturated carbocycles. The first-order valence-corrected chi connectivity index (χ1v) is 11.8. The number of para-hydroxylation sites is 1. The van der Waals surface area contributed by atoms with E-state index < -0.39 is 0 Å². The summed E-state index contributed by atoms with van der Waals surface area (Å²) in [5, 5.41) is 10.4. The smallest absolute Gasteiger partial charge is 0.260 e. The van der Waals surface area contributed by atoms with Crippen LogP contribution < -0.4 is 9.47 Å². The third-order valence-corrected chi connectivity index (χ3v) is 6.04. The van der Waals surface area contributed by atoms with Gasteiger partial charge in [0.1, 0.15) is 11.1 Å². The van der Waals surface area contributed by atoms with E-state index in [-0.39, 0.29) is 24.6 Å². The maximum absolute atomic E-state index is 12.7. The van der Waals surface area contributed by atoms with Crippen molar-refractivity contribution in [2.45, 2.75) is 46.7 Å². The van der Waals surface area contributed by atoms with Crippen LogP contribution >= 0.6 is 11.3 Å². The molecule has 33 heavy (non-hydrogen) atoms. The van der Waals surface area contributed by atoms with Crippen LogP contribution in [0, 0.1) is 11.3 Å². The number of thiazole rings is 1. The molecule has 0 atom stereocenters. The highest BCUT2D eigenvalue weighted by atomic mass is 32.1. The van der Waals surface area contributed by atoms with E-state index in [0.717, 1.165) is 15.8 Å². The topological polar surface area (TPSA) is 75.5 Å². The number of hydrogen-bond donors (Lipinski definition) is 0. The van der Waals surface area contributed by atoms with Crippen molar-refractivity contribution < 1.29 is 14.3 Å². The maximum Gasteiger partial charge on any atom is 0.260 e. The monoisotopic (exact) mass is 463 g/mol. The van der Waals surface area contributed by atoms with Crippen molar-refractivity contribution in [2.75, 3.05) is 13.2 Å². The number of nitrogens with zero attached hydrogens (tertiary/aromatic N) is 3. The van der Waals surface area contributed by atoms with Crippen LogP contribution in [-0.4, -0.2) is 41.1 Å². The Balaban J connectivity index is 1.84. The van der Waals surface area contributed by atoms with Gasteiger partial charge in [-0.2, -0.15) is 5.26 Å². The van der Waals surface area contributed by atoms with E-state index in [9.17, 15) is 10.1 Å². The number of ether oxygens (including phenoxy) is 2. The molecular weight excluding hydrogens is 434 g/mol. The molecule has 1 heterocycles. The lowest BCUT2D eigenvalue weighted by atomic mass is 10.1. The van der Waals surface area contributed by atoms with Crippen molar-refractivity contribution in [3.8, 4) is 17.6 Å². The van der Waals surface area contributed by atoms with Crippen LogP contribution in [0.4, 0.5) is 0 Å². The van der Waals surface area contributed by atoms with Crippen LogP contribution in [0.25, 0.3) is 21.9 Å². The van der Waals surface area contributed by atoms with E-state index in [2.05, 4.69) is 11.1 Å². The fourth-order valence-corrected chi connectivity index (χ4v) is 4.62. The van der Waals surface area contributed by atoms with Gasteiger partial charge >= 0.3 is 0 Å². The summed E-state index contributed by atoms with van der Waals surface area (Å²) in [6, 6.07) is 15.7. The Morgan fingerprint density at radius 2 is 1.85 bits per heavy atom. The molecule has 0 aliphatic heterocycles. The molecule has 0 saturated heterocycles. The number of carbonyl (C=O) groups is 1. The number of hydrogen-bond acceptors (Lipinski definition) is 6. The van der Waals surface area contributed by atoms with Crippen molar-refractivity contribution in [2.24, 2.45) is 0 Å². The largest absolute Gasteiger partial charge is 0.490 e. The van der Waals surface area contributed by atoms with Crippen molar-refractivity contribution in [3.05, 3.63) is 53.0 Å². The Labute approximate surface area is 199 Å². The molecule has 172 valence electrons. The van der Waals surface area contributed by atoms with Gasteiger partial charge in [0.05, 0.1) is 22.4 Å². The van der Waals surface area contributed by atoms with E-state index >= 15 is 0 Å². The SMILES string of the molecule is CCOc1cc(/C=C(\C#N)c2nc3ccccc3s2)ccc1OCC(=O)N(C(C)C)C(C)C. The number of fused-ring (bicyclic) bond motifs is 1. The predicted octanol–water partition coefficient (Wildman–Crippen LogP) is 5.78. The van der Waals surface area contributed by atoms with Gasteiger partial charge in [-0.05, 0) is 70.5 Å². The molecule has 0 N–H and O–H groups in total. The van der Waals surface area contributed by atoms with Crippen molar-refractivity contribution in [1.82, 2.24) is 9.88 Å². The summed E-state index contributed by atoms with van der Waals surface area (Å²) in [4.78, 5) is 19.0. The summed E-state index contributed by atoms with van der Waals surface area (Å²) in [5.41, 5.74) is 2.14. The summed E-state index contributed by atoms with van der Waals surface area (Å²) >= 11 is 1.49. The molecule has 0 fully saturated rings. The number of allylic oxidation sites excluding steroid dienone is 1. The Morgan fingerprint density at radius 1 is 1.12 bits per heavy atom. The third kappa shape index (κ3) is 5.91. The lowest BCUT2D eigenvalue weighted by molar-refractivity contribution is -0.137. The highest BCUT2D eigenvalue weighted by Crippen LogP contribution is 2.32. The number of aromatic nitrogens is 1. The molecule has 0 aliphatic carbocycles. The zero-order chi connectivity index (χ0) is 24.0. The minimum Gasteiger partial charge on any atom is -0.490 e. The molecule has 0 unspecified atom stereocenters. The van der Waals surface area contributed by atoms with Gasteiger partial charge in [-0.1, -0.05) is 18.2 Å². The molecule has 0 radical (unpaired) electrons. The van der Waals surface area contributed by atoms with Gasteiger partial charge in [-0.25, -0.2) is 4.98 Å². The van der Waals surface area contributed by atoms with Gasteiger partial charge < -0.3 is 14.4 Å². The van der Waals surface area contributed by atoms with Gasteiger partial charge in [0, 0.05) is 12.1 Å². The molecule has 2 aromatic carbocycles.